The van der Waals surface area contributed by atoms with Crippen LogP contribution in [0.25, 0.3) is 0 Å². The summed E-state index contributed by atoms with van der Waals surface area (Å²) in [6, 6.07) is 3.68. The molecule has 1 aromatic heterocycles. The van der Waals surface area contributed by atoms with E-state index in [-0.39, 0.29) is 11.4 Å². The molecule has 2 atom stereocenters. The minimum absolute atomic E-state index is 0.165. The number of aliphatic hydroxyl groups excluding tert-OH is 1. The highest BCUT2D eigenvalue weighted by Gasteiger charge is 2.10. The van der Waals surface area contributed by atoms with E-state index in [1.807, 2.05) is 13.0 Å². The average molecular weight is 218 g/mol. The Labute approximate surface area is 87.3 Å². The van der Waals surface area contributed by atoms with Crippen molar-refractivity contribution in [2.45, 2.75) is 30.1 Å². The third-order valence-electron chi connectivity index (χ3n) is 1.70. The van der Waals surface area contributed by atoms with Crippen molar-refractivity contribution in [2.75, 3.05) is 0 Å². The highest BCUT2D eigenvalue weighted by molar-refractivity contribution is 8.00. The summed E-state index contributed by atoms with van der Waals surface area (Å²) in [5.74, 6) is 0. The Morgan fingerprint density at radius 3 is 2.77 bits per heavy atom. The summed E-state index contributed by atoms with van der Waals surface area (Å²) in [6.45, 7) is 3.75. The van der Waals surface area contributed by atoms with Crippen molar-refractivity contribution in [1.29, 1.82) is 0 Å². The summed E-state index contributed by atoms with van der Waals surface area (Å²) in [6.07, 6.45) is 1.34. The van der Waals surface area contributed by atoms with Crippen LogP contribution in [0.4, 0.5) is 0 Å². The lowest BCUT2D eigenvalue weighted by Crippen LogP contribution is -2.14. The zero-order valence-electron chi connectivity index (χ0n) is 7.57. The molecule has 1 rings (SSSR count). The third kappa shape index (κ3) is 3.55. The molecular formula is C9H12ClNOS. The fourth-order valence-corrected chi connectivity index (χ4v) is 1.96. The van der Waals surface area contributed by atoms with E-state index < -0.39 is 0 Å². The van der Waals surface area contributed by atoms with Crippen LogP contribution in [0.2, 0.25) is 5.15 Å². The van der Waals surface area contributed by atoms with Gasteiger partial charge in [0.25, 0.3) is 0 Å². The quantitative estimate of drug-likeness (QED) is 0.624. The van der Waals surface area contributed by atoms with Crippen LogP contribution >= 0.6 is 23.4 Å². The van der Waals surface area contributed by atoms with Gasteiger partial charge < -0.3 is 5.11 Å². The molecule has 1 heterocycles. The molecule has 0 amide bonds. The van der Waals surface area contributed by atoms with Gasteiger partial charge in [-0.05, 0) is 19.1 Å². The molecule has 13 heavy (non-hydrogen) atoms. The first-order valence-corrected chi connectivity index (χ1v) is 5.31. The molecule has 0 spiro atoms. The number of aromatic nitrogens is 1. The van der Waals surface area contributed by atoms with Crippen molar-refractivity contribution in [2.24, 2.45) is 0 Å². The Balaban J connectivity index is 2.64. The Morgan fingerprint density at radius 1 is 1.54 bits per heavy atom. The van der Waals surface area contributed by atoms with Gasteiger partial charge in [-0.2, -0.15) is 0 Å². The highest BCUT2D eigenvalue weighted by Crippen LogP contribution is 2.26. The molecule has 0 saturated carbocycles. The van der Waals surface area contributed by atoms with Crippen LogP contribution in [0.1, 0.15) is 13.8 Å². The molecule has 0 bridgehead atoms. The minimum Gasteiger partial charge on any atom is -0.392 e. The van der Waals surface area contributed by atoms with Gasteiger partial charge in [0.1, 0.15) is 5.15 Å². The SMILES string of the molecule is CC(O)C(C)Sc1ccnc(Cl)c1. The van der Waals surface area contributed by atoms with Crippen LogP contribution in [-0.2, 0) is 0 Å². The summed E-state index contributed by atoms with van der Waals surface area (Å²) in [4.78, 5) is 4.92. The van der Waals surface area contributed by atoms with E-state index in [1.54, 1.807) is 30.9 Å². The van der Waals surface area contributed by atoms with Crippen molar-refractivity contribution < 1.29 is 5.11 Å². The van der Waals surface area contributed by atoms with Gasteiger partial charge in [-0.1, -0.05) is 18.5 Å². The topological polar surface area (TPSA) is 33.1 Å². The predicted octanol–water partition coefficient (Wildman–Crippen LogP) is 2.60. The van der Waals surface area contributed by atoms with Crippen LogP contribution < -0.4 is 0 Å². The summed E-state index contributed by atoms with van der Waals surface area (Å²) in [5, 5.41) is 9.94. The summed E-state index contributed by atoms with van der Waals surface area (Å²) < 4.78 is 0. The van der Waals surface area contributed by atoms with Gasteiger partial charge in [-0.25, -0.2) is 4.98 Å². The van der Waals surface area contributed by atoms with Crippen molar-refractivity contribution in [3.8, 4) is 0 Å². The van der Waals surface area contributed by atoms with Crippen LogP contribution in [0.5, 0.6) is 0 Å². The molecule has 2 unspecified atom stereocenters. The highest BCUT2D eigenvalue weighted by atomic mass is 35.5. The summed E-state index contributed by atoms with van der Waals surface area (Å²) in [5.41, 5.74) is 0. The maximum Gasteiger partial charge on any atom is 0.130 e. The molecule has 1 N–H and O–H groups in total. The standard InChI is InChI=1S/C9H12ClNOS/c1-6(12)7(2)13-8-3-4-11-9(10)5-8/h3-7,12H,1-2H3. The molecular weight excluding hydrogens is 206 g/mol. The van der Waals surface area contributed by atoms with Gasteiger partial charge >= 0.3 is 0 Å². The number of nitrogens with zero attached hydrogens (tertiary/aromatic N) is 1. The smallest absolute Gasteiger partial charge is 0.130 e. The van der Waals surface area contributed by atoms with Crippen molar-refractivity contribution in [1.82, 2.24) is 4.98 Å². The Bertz CT molecular complexity index is 280. The van der Waals surface area contributed by atoms with E-state index in [1.165, 1.54) is 0 Å². The summed E-state index contributed by atoms with van der Waals surface area (Å²) in [7, 11) is 0. The molecule has 2 nitrogen and oxygen atoms in total. The lowest BCUT2D eigenvalue weighted by molar-refractivity contribution is 0.196. The molecule has 0 saturated heterocycles. The van der Waals surface area contributed by atoms with Crippen molar-refractivity contribution >= 4 is 23.4 Å². The minimum atomic E-state index is -0.322. The lowest BCUT2D eigenvalue weighted by atomic mass is 10.3. The molecule has 0 aliphatic carbocycles. The van der Waals surface area contributed by atoms with E-state index in [9.17, 15) is 5.11 Å². The lowest BCUT2D eigenvalue weighted by Gasteiger charge is -2.13. The molecule has 0 radical (unpaired) electrons. The van der Waals surface area contributed by atoms with Crippen molar-refractivity contribution in [3.05, 3.63) is 23.5 Å². The number of halogens is 1. The van der Waals surface area contributed by atoms with Gasteiger partial charge in [-0.3, -0.25) is 0 Å². The maximum absolute atomic E-state index is 9.28. The second-order valence-electron chi connectivity index (χ2n) is 2.88. The van der Waals surface area contributed by atoms with Crippen LogP contribution in [0, 0.1) is 0 Å². The maximum atomic E-state index is 9.28. The first-order chi connectivity index (χ1) is 6.09. The monoisotopic (exact) mass is 217 g/mol. The number of hydrogen-bond donors (Lipinski definition) is 1. The van der Waals surface area contributed by atoms with Gasteiger partial charge in [-0.15, -0.1) is 11.8 Å². The number of hydrogen-bond acceptors (Lipinski definition) is 3. The number of aliphatic hydroxyl groups is 1. The second-order valence-corrected chi connectivity index (χ2v) is 4.72. The van der Waals surface area contributed by atoms with E-state index >= 15 is 0 Å². The third-order valence-corrected chi connectivity index (χ3v) is 3.20. The van der Waals surface area contributed by atoms with E-state index in [0.717, 1.165) is 4.90 Å². The Kier molecular flexibility index (Phi) is 4.03. The normalized spacial score (nSPS) is 15.4. The van der Waals surface area contributed by atoms with E-state index in [2.05, 4.69) is 4.98 Å². The summed E-state index contributed by atoms with van der Waals surface area (Å²) >= 11 is 7.31. The van der Waals surface area contributed by atoms with E-state index in [0.29, 0.717) is 5.15 Å². The first-order valence-electron chi connectivity index (χ1n) is 4.06. The number of thioether (sulfide) groups is 1. The molecule has 1 aromatic rings. The Hall–Kier alpha value is -0.250. The second kappa shape index (κ2) is 4.84. The van der Waals surface area contributed by atoms with Gasteiger partial charge in [0, 0.05) is 16.3 Å². The Morgan fingerprint density at radius 2 is 2.23 bits per heavy atom. The predicted molar refractivity (Wildman–Crippen MR) is 56.2 cm³/mol. The molecule has 0 aliphatic heterocycles. The molecule has 0 aromatic carbocycles. The molecule has 0 fully saturated rings. The zero-order valence-corrected chi connectivity index (χ0v) is 9.14. The molecule has 4 heteroatoms. The first kappa shape index (κ1) is 10.8. The van der Waals surface area contributed by atoms with Gasteiger partial charge in [0.15, 0.2) is 0 Å². The zero-order chi connectivity index (χ0) is 9.84. The van der Waals surface area contributed by atoms with Gasteiger partial charge in [0.05, 0.1) is 6.10 Å². The fourth-order valence-electron chi connectivity index (χ4n) is 0.771. The van der Waals surface area contributed by atoms with Crippen LogP contribution in [-0.4, -0.2) is 21.4 Å². The van der Waals surface area contributed by atoms with Gasteiger partial charge in [0.2, 0.25) is 0 Å². The molecule has 0 aliphatic rings. The van der Waals surface area contributed by atoms with Crippen LogP contribution in [0.3, 0.4) is 0 Å². The number of rotatable bonds is 3. The largest absolute Gasteiger partial charge is 0.392 e. The van der Waals surface area contributed by atoms with Crippen LogP contribution in [0.15, 0.2) is 23.2 Å². The fraction of sp³-hybridized carbons (Fsp3) is 0.444. The number of pyridine rings is 1. The van der Waals surface area contributed by atoms with Crippen molar-refractivity contribution in [3.63, 3.8) is 0 Å². The molecule has 72 valence electrons. The average Bonchev–Trinajstić information content (AvgIpc) is 2.04. The van der Waals surface area contributed by atoms with E-state index in [4.69, 9.17) is 11.6 Å².